The molecular weight excluding hydrogens is 309 g/mol. The van der Waals surface area contributed by atoms with E-state index in [9.17, 15) is 9.18 Å². The van der Waals surface area contributed by atoms with E-state index in [0.717, 1.165) is 0 Å². The first-order valence-corrected chi connectivity index (χ1v) is 6.90. The summed E-state index contributed by atoms with van der Waals surface area (Å²) < 4.78 is 18.5. The number of amides is 2. The lowest BCUT2D eigenvalue weighted by Crippen LogP contribution is -2.31. The zero-order valence-corrected chi connectivity index (χ0v) is 12.8. The molecule has 1 atom stereocenters. The van der Waals surface area contributed by atoms with Gasteiger partial charge in [-0.15, -0.1) is 0 Å². The van der Waals surface area contributed by atoms with Crippen molar-refractivity contribution in [3.05, 3.63) is 53.1 Å². The number of rotatable bonds is 4. The molecule has 0 aliphatic rings. The second-order valence-corrected chi connectivity index (χ2v) is 4.97. The number of urea groups is 1. The lowest BCUT2D eigenvalue weighted by molar-refractivity contribution is 0.249. The van der Waals surface area contributed by atoms with Gasteiger partial charge in [0.1, 0.15) is 5.15 Å². The predicted octanol–water partition coefficient (Wildman–Crippen LogP) is 3.77. The molecule has 2 rings (SSSR count). The molecule has 0 saturated heterocycles. The first-order valence-electron chi connectivity index (χ1n) is 6.52. The quantitative estimate of drug-likeness (QED) is 0.842. The van der Waals surface area contributed by atoms with E-state index in [1.165, 1.54) is 31.5 Å². The van der Waals surface area contributed by atoms with Crippen molar-refractivity contribution in [2.75, 3.05) is 12.4 Å². The second kappa shape index (κ2) is 7.09. The first kappa shape index (κ1) is 16.0. The SMILES string of the molecule is COc1ccc([C@H](C)NC(=O)Nc2ccnc(Cl)c2)cc1F. The summed E-state index contributed by atoms with van der Waals surface area (Å²) in [6.45, 7) is 1.75. The molecule has 2 N–H and O–H groups in total. The number of benzene rings is 1. The molecule has 1 heterocycles. The van der Waals surface area contributed by atoms with Gasteiger partial charge in [0.2, 0.25) is 0 Å². The monoisotopic (exact) mass is 323 g/mol. The number of ether oxygens (including phenoxy) is 1. The average molecular weight is 324 g/mol. The highest BCUT2D eigenvalue weighted by Crippen LogP contribution is 2.21. The Bertz CT molecular complexity index is 682. The summed E-state index contributed by atoms with van der Waals surface area (Å²) in [4.78, 5) is 15.7. The zero-order chi connectivity index (χ0) is 16.1. The summed E-state index contributed by atoms with van der Waals surface area (Å²) in [6, 6.07) is 6.87. The number of nitrogens with one attached hydrogen (secondary N) is 2. The van der Waals surface area contributed by atoms with E-state index in [0.29, 0.717) is 11.3 Å². The van der Waals surface area contributed by atoms with Gasteiger partial charge in [-0.1, -0.05) is 17.7 Å². The third kappa shape index (κ3) is 4.08. The fourth-order valence-corrected chi connectivity index (χ4v) is 2.05. The molecule has 1 aromatic heterocycles. The highest BCUT2D eigenvalue weighted by Gasteiger charge is 2.12. The smallest absolute Gasteiger partial charge is 0.319 e. The highest BCUT2D eigenvalue weighted by molar-refractivity contribution is 6.29. The van der Waals surface area contributed by atoms with Gasteiger partial charge in [-0.2, -0.15) is 0 Å². The number of anilines is 1. The minimum absolute atomic E-state index is 0.159. The number of halogens is 2. The minimum atomic E-state index is -0.477. The highest BCUT2D eigenvalue weighted by atomic mass is 35.5. The van der Waals surface area contributed by atoms with Gasteiger partial charge in [0.05, 0.1) is 13.2 Å². The Morgan fingerprint density at radius 1 is 1.36 bits per heavy atom. The molecule has 116 valence electrons. The number of aromatic nitrogens is 1. The number of hydrogen-bond donors (Lipinski definition) is 2. The van der Waals surface area contributed by atoms with Gasteiger partial charge < -0.3 is 15.4 Å². The van der Waals surface area contributed by atoms with E-state index in [1.807, 2.05) is 0 Å². The molecule has 7 heteroatoms. The van der Waals surface area contributed by atoms with Crippen LogP contribution in [0.25, 0.3) is 0 Å². The van der Waals surface area contributed by atoms with E-state index in [2.05, 4.69) is 15.6 Å². The number of pyridine rings is 1. The average Bonchev–Trinajstić information content (AvgIpc) is 2.46. The van der Waals surface area contributed by atoms with Crippen LogP contribution in [0.3, 0.4) is 0 Å². The lowest BCUT2D eigenvalue weighted by Gasteiger charge is -2.16. The Morgan fingerprint density at radius 3 is 2.77 bits per heavy atom. The van der Waals surface area contributed by atoms with Crippen LogP contribution < -0.4 is 15.4 Å². The van der Waals surface area contributed by atoms with Crippen molar-refractivity contribution in [3.8, 4) is 5.75 Å². The van der Waals surface area contributed by atoms with Crippen LogP contribution >= 0.6 is 11.6 Å². The Morgan fingerprint density at radius 2 is 2.14 bits per heavy atom. The maximum atomic E-state index is 13.7. The summed E-state index contributed by atoms with van der Waals surface area (Å²) in [5.74, 6) is -0.318. The molecule has 0 saturated carbocycles. The van der Waals surface area contributed by atoms with Gasteiger partial charge >= 0.3 is 6.03 Å². The number of hydrogen-bond acceptors (Lipinski definition) is 3. The predicted molar refractivity (Wildman–Crippen MR) is 82.8 cm³/mol. The first-order chi connectivity index (χ1) is 10.5. The van der Waals surface area contributed by atoms with Crippen molar-refractivity contribution in [1.82, 2.24) is 10.3 Å². The van der Waals surface area contributed by atoms with Crippen LogP contribution in [0.4, 0.5) is 14.9 Å². The number of methoxy groups -OCH3 is 1. The molecule has 1 aromatic carbocycles. The third-order valence-electron chi connectivity index (χ3n) is 3.01. The number of carbonyl (C=O) groups excluding carboxylic acids is 1. The fourth-order valence-electron chi connectivity index (χ4n) is 1.88. The zero-order valence-electron chi connectivity index (χ0n) is 12.1. The molecule has 0 radical (unpaired) electrons. The van der Waals surface area contributed by atoms with Crippen molar-refractivity contribution in [2.45, 2.75) is 13.0 Å². The molecule has 0 aliphatic carbocycles. The molecule has 2 aromatic rings. The Hall–Kier alpha value is -2.34. The molecule has 0 unspecified atom stereocenters. The van der Waals surface area contributed by atoms with Gasteiger partial charge in [0.15, 0.2) is 11.6 Å². The van der Waals surface area contributed by atoms with Crippen LogP contribution in [0, 0.1) is 5.82 Å². The summed E-state index contributed by atoms with van der Waals surface area (Å²) >= 11 is 5.74. The maximum Gasteiger partial charge on any atom is 0.319 e. The Balaban J connectivity index is 2.00. The van der Waals surface area contributed by atoms with Crippen LogP contribution in [0.5, 0.6) is 5.75 Å². The van der Waals surface area contributed by atoms with Crippen molar-refractivity contribution in [3.63, 3.8) is 0 Å². The van der Waals surface area contributed by atoms with Crippen molar-refractivity contribution >= 4 is 23.3 Å². The van der Waals surface area contributed by atoms with Crippen molar-refractivity contribution in [1.29, 1.82) is 0 Å². The van der Waals surface area contributed by atoms with Gasteiger partial charge in [0.25, 0.3) is 0 Å². The van der Waals surface area contributed by atoms with Gasteiger partial charge in [-0.25, -0.2) is 14.2 Å². The van der Waals surface area contributed by atoms with Gasteiger partial charge in [-0.3, -0.25) is 0 Å². The van der Waals surface area contributed by atoms with E-state index in [-0.39, 0.29) is 16.9 Å². The topological polar surface area (TPSA) is 63.2 Å². The van der Waals surface area contributed by atoms with E-state index in [1.54, 1.807) is 19.1 Å². The lowest BCUT2D eigenvalue weighted by atomic mass is 10.1. The normalized spacial score (nSPS) is 11.6. The second-order valence-electron chi connectivity index (χ2n) is 4.58. The Labute approximate surface area is 132 Å². The number of carbonyl (C=O) groups is 1. The van der Waals surface area contributed by atoms with Crippen LogP contribution in [0.15, 0.2) is 36.5 Å². The largest absolute Gasteiger partial charge is 0.494 e. The van der Waals surface area contributed by atoms with Crippen LogP contribution in [0.2, 0.25) is 5.15 Å². The van der Waals surface area contributed by atoms with Gasteiger partial charge in [-0.05, 0) is 36.8 Å². The summed E-state index contributed by atoms with van der Waals surface area (Å²) in [5, 5.41) is 5.62. The summed E-state index contributed by atoms with van der Waals surface area (Å²) in [6.07, 6.45) is 1.49. The van der Waals surface area contributed by atoms with E-state index < -0.39 is 11.8 Å². The third-order valence-corrected chi connectivity index (χ3v) is 3.21. The van der Waals surface area contributed by atoms with Crippen LogP contribution in [0.1, 0.15) is 18.5 Å². The summed E-state index contributed by atoms with van der Waals surface area (Å²) in [7, 11) is 1.40. The molecule has 2 amide bonds. The van der Waals surface area contributed by atoms with Crippen molar-refractivity contribution < 1.29 is 13.9 Å². The summed E-state index contributed by atoms with van der Waals surface area (Å²) in [5.41, 5.74) is 1.15. The number of nitrogens with zero attached hydrogens (tertiary/aromatic N) is 1. The maximum absolute atomic E-state index is 13.7. The van der Waals surface area contributed by atoms with Crippen LogP contribution in [-0.2, 0) is 0 Å². The minimum Gasteiger partial charge on any atom is -0.494 e. The van der Waals surface area contributed by atoms with E-state index >= 15 is 0 Å². The molecule has 0 bridgehead atoms. The fraction of sp³-hybridized carbons (Fsp3) is 0.200. The molecule has 0 fully saturated rings. The van der Waals surface area contributed by atoms with Gasteiger partial charge in [0, 0.05) is 11.9 Å². The molecular formula is C15H15ClFN3O2. The standard InChI is InChI=1S/C15H15ClFN3O2/c1-9(10-3-4-13(22-2)12(17)7-10)19-15(21)20-11-5-6-18-14(16)8-11/h3-9H,1-2H3,(H2,18,19,20,21)/t9-/m0/s1. The molecule has 0 spiro atoms. The molecule has 0 aliphatic heterocycles. The molecule has 22 heavy (non-hydrogen) atoms. The Kier molecular flexibility index (Phi) is 5.16. The van der Waals surface area contributed by atoms with Crippen LogP contribution in [-0.4, -0.2) is 18.1 Å². The van der Waals surface area contributed by atoms with E-state index in [4.69, 9.17) is 16.3 Å². The van der Waals surface area contributed by atoms with Crippen molar-refractivity contribution in [2.24, 2.45) is 0 Å². The molecule has 5 nitrogen and oxygen atoms in total.